The largest absolute Gasteiger partial charge is 0.497 e. The summed E-state index contributed by atoms with van der Waals surface area (Å²) in [5, 5.41) is 10.3. The van der Waals surface area contributed by atoms with Crippen molar-refractivity contribution in [1.29, 1.82) is 0 Å². The maximum atomic E-state index is 11.5. The van der Waals surface area contributed by atoms with E-state index in [0.717, 1.165) is 35.8 Å². The molecule has 0 saturated heterocycles. The Labute approximate surface area is 127 Å². The number of ether oxygens (including phenoxy) is 2. The van der Waals surface area contributed by atoms with E-state index in [0.29, 0.717) is 11.5 Å². The molecule has 0 radical (unpaired) electrons. The summed E-state index contributed by atoms with van der Waals surface area (Å²) in [4.78, 5) is 11.8. The fraction of sp³-hybridized carbons (Fsp3) is 0.438. The first-order valence-electron chi connectivity index (χ1n) is 7.19. The Morgan fingerprint density at radius 3 is 2.71 bits per heavy atom. The molecule has 1 aromatic heterocycles. The van der Waals surface area contributed by atoms with Gasteiger partial charge in [0.15, 0.2) is 10.6 Å². The highest BCUT2D eigenvalue weighted by Gasteiger charge is 2.23. The number of benzene rings is 1. The summed E-state index contributed by atoms with van der Waals surface area (Å²) in [6.45, 7) is 0. The first-order valence-corrected chi connectivity index (χ1v) is 8.01. The molecular weight excluding hydrogens is 288 g/mol. The van der Waals surface area contributed by atoms with Crippen LogP contribution in [-0.4, -0.2) is 24.3 Å². The van der Waals surface area contributed by atoms with E-state index in [1.165, 1.54) is 17.8 Å². The van der Waals surface area contributed by atoms with Gasteiger partial charge in [0.25, 0.3) is 0 Å². The molecule has 5 heteroatoms. The second kappa shape index (κ2) is 5.93. The standard InChI is InChI=1S/C16H18O4S/c1-19-11-7-8-13-12(9-11)14(15(21-13)16(17)18)20-10-5-3-2-4-6-10/h7-10H,2-6H2,1H3,(H,17,18). The fourth-order valence-electron chi connectivity index (χ4n) is 2.79. The van der Waals surface area contributed by atoms with Crippen molar-refractivity contribution in [2.75, 3.05) is 7.11 Å². The molecule has 1 heterocycles. The van der Waals surface area contributed by atoms with E-state index >= 15 is 0 Å². The monoisotopic (exact) mass is 306 g/mol. The van der Waals surface area contributed by atoms with Crippen molar-refractivity contribution in [3.8, 4) is 11.5 Å². The average molecular weight is 306 g/mol. The van der Waals surface area contributed by atoms with E-state index in [9.17, 15) is 9.90 Å². The highest BCUT2D eigenvalue weighted by atomic mass is 32.1. The molecule has 1 aliphatic rings. The Hall–Kier alpha value is -1.75. The van der Waals surface area contributed by atoms with Crippen molar-refractivity contribution < 1.29 is 19.4 Å². The van der Waals surface area contributed by atoms with Crippen molar-refractivity contribution in [2.24, 2.45) is 0 Å². The lowest BCUT2D eigenvalue weighted by Gasteiger charge is -2.23. The van der Waals surface area contributed by atoms with Gasteiger partial charge in [0.1, 0.15) is 5.75 Å². The average Bonchev–Trinajstić information content (AvgIpc) is 2.86. The molecule has 1 N–H and O–H groups in total. The van der Waals surface area contributed by atoms with Crippen LogP contribution in [0, 0.1) is 0 Å². The van der Waals surface area contributed by atoms with Gasteiger partial charge in [-0.2, -0.15) is 0 Å². The molecule has 0 spiro atoms. The third kappa shape index (κ3) is 2.83. The summed E-state index contributed by atoms with van der Waals surface area (Å²) in [6, 6.07) is 5.59. The predicted molar refractivity (Wildman–Crippen MR) is 82.8 cm³/mol. The number of fused-ring (bicyclic) bond motifs is 1. The molecule has 4 nitrogen and oxygen atoms in total. The summed E-state index contributed by atoms with van der Waals surface area (Å²) in [5.41, 5.74) is 0. The Morgan fingerprint density at radius 2 is 2.05 bits per heavy atom. The van der Waals surface area contributed by atoms with Crippen LogP contribution in [0.4, 0.5) is 0 Å². The zero-order valence-corrected chi connectivity index (χ0v) is 12.7. The van der Waals surface area contributed by atoms with Gasteiger partial charge in [0.2, 0.25) is 0 Å². The second-order valence-corrected chi connectivity index (χ2v) is 6.36. The lowest BCUT2D eigenvalue weighted by molar-refractivity contribution is 0.0693. The smallest absolute Gasteiger partial charge is 0.349 e. The van der Waals surface area contributed by atoms with Gasteiger partial charge in [-0.05, 0) is 43.9 Å². The molecule has 1 fully saturated rings. The summed E-state index contributed by atoms with van der Waals surface area (Å²) in [6.07, 6.45) is 5.67. The third-order valence-electron chi connectivity index (χ3n) is 3.88. The number of carboxylic acids is 1. The molecule has 0 bridgehead atoms. The Morgan fingerprint density at radius 1 is 1.29 bits per heavy atom. The van der Waals surface area contributed by atoms with Crippen LogP contribution in [0.2, 0.25) is 0 Å². The summed E-state index contributed by atoms with van der Waals surface area (Å²) >= 11 is 1.26. The van der Waals surface area contributed by atoms with Crippen LogP contribution in [0.3, 0.4) is 0 Å². The van der Waals surface area contributed by atoms with E-state index in [4.69, 9.17) is 9.47 Å². The van der Waals surface area contributed by atoms with Gasteiger partial charge in [0.05, 0.1) is 13.2 Å². The van der Waals surface area contributed by atoms with Crippen molar-refractivity contribution in [1.82, 2.24) is 0 Å². The van der Waals surface area contributed by atoms with Crippen LogP contribution in [0.5, 0.6) is 11.5 Å². The Kier molecular flexibility index (Phi) is 4.01. The van der Waals surface area contributed by atoms with Crippen LogP contribution >= 0.6 is 11.3 Å². The van der Waals surface area contributed by atoms with Crippen molar-refractivity contribution in [3.05, 3.63) is 23.1 Å². The first-order chi connectivity index (χ1) is 10.2. The molecule has 0 aliphatic heterocycles. The van der Waals surface area contributed by atoms with Gasteiger partial charge in [-0.15, -0.1) is 11.3 Å². The molecule has 3 rings (SSSR count). The number of rotatable bonds is 4. The third-order valence-corrected chi connectivity index (χ3v) is 5.02. The molecule has 0 unspecified atom stereocenters. The van der Waals surface area contributed by atoms with Gasteiger partial charge in [0, 0.05) is 10.1 Å². The lowest BCUT2D eigenvalue weighted by atomic mass is 9.98. The number of hydrogen-bond acceptors (Lipinski definition) is 4. The molecule has 1 aliphatic carbocycles. The maximum absolute atomic E-state index is 11.5. The summed E-state index contributed by atoms with van der Waals surface area (Å²) in [5.74, 6) is 0.292. The minimum Gasteiger partial charge on any atom is -0.497 e. The minimum atomic E-state index is -0.930. The van der Waals surface area contributed by atoms with Crippen LogP contribution in [0.15, 0.2) is 18.2 Å². The van der Waals surface area contributed by atoms with Crippen LogP contribution in [0.25, 0.3) is 10.1 Å². The van der Waals surface area contributed by atoms with E-state index in [1.54, 1.807) is 7.11 Å². The Bertz CT molecular complexity index is 656. The molecule has 1 saturated carbocycles. The maximum Gasteiger partial charge on any atom is 0.349 e. The van der Waals surface area contributed by atoms with Gasteiger partial charge in [-0.3, -0.25) is 0 Å². The lowest BCUT2D eigenvalue weighted by Crippen LogP contribution is -2.20. The van der Waals surface area contributed by atoms with E-state index in [1.807, 2.05) is 18.2 Å². The quantitative estimate of drug-likeness (QED) is 0.914. The first kappa shape index (κ1) is 14.2. The SMILES string of the molecule is COc1ccc2sc(C(=O)O)c(OC3CCCCC3)c2c1. The Balaban J connectivity index is 2.03. The number of carbonyl (C=O) groups is 1. The number of thiophene rings is 1. The highest BCUT2D eigenvalue weighted by Crippen LogP contribution is 2.41. The minimum absolute atomic E-state index is 0.126. The van der Waals surface area contributed by atoms with E-state index in [2.05, 4.69) is 0 Å². The number of aromatic carboxylic acids is 1. The molecular formula is C16H18O4S. The van der Waals surface area contributed by atoms with Crippen LogP contribution in [0.1, 0.15) is 41.8 Å². The molecule has 1 aromatic carbocycles. The molecule has 112 valence electrons. The van der Waals surface area contributed by atoms with Gasteiger partial charge >= 0.3 is 5.97 Å². The van der Waals surface area contributed by atoms with Gasteiger partial charge in [-0.1, -0.05) is 6.42 Å². The number of methoxy groups -OCH3 is 1. The van der Waals surface area contributed by atoms with E-state index < -0.39 is 5.97 Å². The summed E-state index contributed by atoms with van der Waals surface area (Å²) < 4.78 is 12.2. The molecule has 21 heavy (non-hydrogen) atoms. The number of carboxylic acid groups (broad SMARTS) is 1. The zero-order valence-electron chi connectivity index (χ0n) is 11.9. The van der Waals surface area contributed by atoms with Crippen LogP contribution in [-0.2, 0) is 0 Å². The zero-order chi connectivity index (χ0) is 14.8. The van der Waals surface area contributed by atoms with E-state index in [-0.39, 0.29) is 11.0 Å². The molecule has 0 amide bonds. The number of hydrogen-bond donors (Lipinski definition) is 1. The molecule has 0 atom stereocenters. The fourth-order valence-corrected chi connectivity index (χ4v) is 3.74. The van der Waals surface area contributed by atoms with Gasteiger partial charge in [-0.25, -0.2) is 4.79 Å². The van der Waals surface area contributed by atoms with Crippen molar-refractivity contribution >= 4 is 27.4 Å². The predicted octanol–water partition coefficient (Wildman–Crippen LogP) is 4.32. The highest BCUT2D eigenvalue weighted by molar-refractivity contribution is 7.21. The van der Waals surface area contributed by atoms with Crippen molar-refractivity contribution in [3.63, 3.8) is 0 Å². The van der Waals surface area contributed by atoms with Gasteiger partial charge < -0.3 is 14.6 Å². The van der Waals surface area contributed by atoms with Crippen molar-refractivity contribution in [2.45, 2.75) is 38.2 Å². The second-order valence-electron chi connectivity index (χ2n) is 5.31. The molecule has 2 aromatic rings. The van der Waals surface area contributed by atoms with Crippen LogP contribution < -0.4 is 9.47 Å². The topological polar surface area (TPSA) is 55.8 Å². The summed E-state index contributed by atoms with van der Waals surface area (Å²) in [7, 11) is 1.60. The normalized spacial score (nSPS) is 16.0.